The van der Waals surface area contributed by atoms with E-state index in [0.717, 1.165) is 38.2 Å². The van der Waals surface area contributed by atoms with Crippen LogP contribution in [0.5, 0.6) is 0 Å². The van der Waals surface area contributed by atoms with Gasteiger partial charge >= 0.3 is 0 Å². The average molecular weight is 300 g/mol. The molecule has 1 unspecified atom stereocenters. The molecule has 1 atom stereocenters. The van der Waals surface area contributed by atoms with Crippen molar-refractivity contribution in [3.63, 3.8) is 0 Å². The lowest BCUT2D eigenvalue weighted by Gasteiger charge is -2.34. The van der Waals surface area contributed by atoms with Crippen LogP contribution in [0, 0.1) is 5.82 Å². The monoisotopic (exact) mass is 300 g/mol. The maximum atomic E-state index is 13.9. The number of hydrogen-bond donors (Lipinski definition) is 1. The highest BCUT2D eigenvalue weighted by Crippen LogP contribution is 2.31. The van der Waals surface area contributed by atoms with Gasteiger partial charge in [-0.05, 0) is 31.4 Å². The number of anilines is 1. The molecule has 0 bridgehead atoms. The van der Waals surface area contributed by atoms with Crippen molar-refractivity contribution in [3.05, 3.63) is 24.0 Å². The van der Waals surface area contributed by atoms with Crippen molar-refractivity contribution < 1.29 is 12.8 Å². The summed E-state index contributed by atoms with van der Waals surface area (Å²) in [5.41, 5.74) is 5.67. The summed E-state index contributed by atoms with van der Waals surface area (Å²) in [4.78, 5) is -0.372. The van der Waals surface area contributed by atoms with Crippen LogP contribution in [-0.2, 0) is 10.0 Å². The summed E-state index contributed by atoms with van der Waals surface area (Å²) in [5, 5.41) is 0. The van der Waals surface area contributed by atoms with E-state index in [4.69, 9.17) is 5.73 Å². The lowest BCUT2D eigenvalue weighted by atomic mass is 10.0. The van der Waals surface area contributed by atoms with Gasteiger partial charge in [-0.1, -0.05) is 25.8 Å². The minimum atomic E-state index is -3.86. The number of piperidine rings is 1. The molecule has 1 fully saturated rings. The first-order valence-electron chi connectivity index (χ1n) is 7.04. The predicted molar refractivity (Wildman–Crippen MR) is 77.3 cm³/mol. The Labute approximate surface area is 119 Å². The summed E-state index contributed by atoms with van der Waals surface area (Å²) >= 11 is 0. The van der Waals surface area contributed by atoms with Crippen LogP contribution >= 0.6 is 0 Å². The molecule has 1 aliphatic heterocycles. The number of sulfonamides is 1. The summed E-state index contributed by atoms with van der Waals surface area (Å²) < 4.78 is 40.8. The number of nitrogens with two attached hydrogens (primary N) is 1. The van der Waals surface area contributed by atoms with Crippen LogP contribution in [0.2, 0.25) is 0 Å². The summed E-state index contributed by atoms with van der Waals surface area (Å²) in [6.45, 7) is 2.47. The molecule has 0 spiro atoms. The SMILES string of the molecule is CCCC1CCCCN1S(=O)(=O)c1c(N)cccc1F. The minimum absolute atomic E-state index is 0.0224. The molecule has 20 heavy (non-hydrogen) atoms. The number of hydrogen-bond acceptors (Lipinski definition) is 3. The van der Waals surface area contributed by atoms with E-state index in [1.807, 2.05) is 6.92 Å². The number of rotatable bonds is 4. The summed E-state index contributed by atoms with van der Waals surface area (Å²) in [7, 11) is -3.86. The Morgan fingerprint density at radius 2 is 2.15 bits per heavy atom. The molecular formula is C14H21FN2O2S. The molecule has 2 rings (SSSR count). The van der Waals surface area contributed by atoms with E-state index in [0.29, 0.717) is 6.54 Å². The Morgan fingerprint density at radius 3 is 2.80 bits per heavy atom. The molecule has 1 aromatic carbocycles. The van der Waals surface area contributed by atoms with Crippen LogP contribution in [0.15, 0.2) is 23.1 Å². The topological polar surface area (TPSA) is 63.4 Å². The van der Waals surface area contributed by atoms with Crippen molar-refractivity contribution in [1.29, 1.82) is 0 Å². The van der Waals surface area contributed by atoms with E-state index in [1.54, 1.807) is 0 Å². The molecule has 4 nitrogen and oxygen atoms in total. The van der Waals surface area contributed by atoms with E-state index < -0.39 is 15.8 Å². The van der Waals surface area contributed by atoms with E-state index in [9.17, 15) is 12.8 Å². The summed E-state index contributed by atoms with van der Waals surface area (Å²) in [5.74, 6) is -0.772. The second kappa shape index (κ2) is 6.10. The van der Waals surface area contributed by atoms with Gasteiger partial charge in [0.25, 0.3) is 0 Å². The second-order valence-corrected chi connectivity index (χ2v) is 7.04. The molecular weight excluding hydrogens is 279 g/mol. The molecule has 0 saturated carbocycles. The van der Waals surface area contributed by atoms with Gasteiger partial charge in [-0.3, -0.25) is 0 Å². The molecule has 0 radical (unpaired) electrons. The first-order chi connectivity index (χ1) is 9.48. The van der Waals surface area contributed by atoms with Crippen LogP contribution in [0.4, 0.5) is 10.1 Å². The molecule has 2 N–H and O–H groups in total. The summed E-state index contributed by atoms with van der Waals surface area (Å²) in [6.07, 6.45) is 4.37. The van der Waals surface area contributed by atoms with Crippen LogP contribution in [0.1, 0.15) is 39.0 Å². The first-order valence-corrected chi connectivity index (χ1v) is 8.48. The Balaban J connectivity index is 2.42. The largest absolute Gasteiger partial charge is 0.398 e. The van der Waals surface area contributed by atoms with E-state index >= 15 is 0 Å². The van der Waals surface area contributed by atoms with E-state index in [2.05, 4.69) is 0 Å². The Hall–Kier alpha value is -1.14. The van der Waals surface area contributed by atoms with Gasteiger partial charge in [0.2, 0.25) is 10.0 Å². The zero-order chi connectivity index (χ0) is 14.8. The summed E-state index contributed by atoms with van der Waals surface area (Å²) in [6, 6.07) is 3.94. The standard InChI is InChI=1S/C14H21FN2O2S/c1-2-6-11-7-3-4-10-17(11)20(18,19)14-12(15)8-5-9-13(14)16/h5,8-9,11H,2-4,6-7,10,16H2,1H3. The molecule has 1 aliphatic rings. The average Bonchev–Trinajstić information content (AvgIpc) is 2.39. The number of nitrogens with zero attached hydrogens (tertiary/aromatic N) is 1. The maximum Gasteiger partial charge on any atom is 0.248 e. The van der Waals surface area contributed by atoms with E-state index in [-0.39, 0.29) is 16.6 Å². The molecule has 1 saturated heterocycles. The van der Waals surface area contributed by atoms with Gasteiger partial charge in [-0.15, -0.1) is 0 Å². The third-order valence-electron chi connectivity index (χ3n) is 3.76. The molecule has 1 aromatic rings. The van der Waals surface area contributed by atoms with Gasteiger partial charge < -0.3 is 5.73 Å². The zero-order valence-corrected chi connectivity index (χ0v) is 12.5. The van der Waals surface area contributed by atoms with Crippen LogP contribution in [0.25, 0.3) is 0 Å². The van der Waals surface area contributed by atoms with Crippen molar-refractivity contribution >= 4 is 15.7 Å². The Kier molecular flexibility index (Phi) is 4.65. The van der Waals surface area contributed by atoms with Crippen molar-refractivity contribution in [2.75, 3.05) is 12.3 Å². The van der Waals surface area contributed by atoms with Crippen molar-refractivity contribution in [2.45, 2.75) is 50.0 Å². The fourth-order valence-corrected chi connectivity index (χ4v) is 4.71. The quantitative estimate of drug-likeness (QED) is 0.870. The molecule has 0 amide bonds. The molecule has 112 valence electrons. The maximum absolute atomic E-state index is 13.9. The van der Waals surface area contributed by atoms with Crippen LogP contribution in [-0.4, -0.2) is 25.3 Å². The van der Waals surface area contributed by atoms with Crippen LogP contribution in [0.3, 0.4) is 0 Å². The van der Waals surface area contributed by atoms with Gasteiger partial charge in [0.1, 0.15) is 10.7 Å². The van der Waals surface area contributed by atoms with Gasteiger partial charge in [0, 0.05) is 12.6 Å². The van der Waals surface area contributed by atoms with Gasteiger partial charge in [0.05, 0.1) is 5.69 Å². The third kappa shape index (κ3) is 2.81. The smallest absolute Gasteiger partial charge is 0.248 e. The van der Waals surface area contributed by atoms with Gasteiger partial charge in [0.15, 0.2) is 0 Å². The minimum Gasteiger partial charge on any atom is -0.398 e. The molecule has 0 aromatic heterocycles. The van der Waals surface area contributed by atoms with Gasteiger partial charge in [-0.2, -0.15) is 4.31 Å². The lowest BCUT2D eigenvalue weighted by Crippen LogP contribution is -2.44. The zero-order valence-electron chi connectivity index (χ0n) is 11.7. The number of nitrogen functional groups attached to an aromatic ring is 1. The van der Waals surface area contributed by atoms with Crippen molar-refractivity contribution in [1.82, 2.24) is 4.31 Å². The molecule has 1 heterocycles. The van der Waals surface area contributed by atoms with Crippen LogP contribution < -0.4 is 5.73 Å². The van der Waals surface area contributed by atoms with Gasteiger partial charge in [-0.25, -0.2) is 12.8 Å². The molecule has 0 aliphatic carbocycles. The highest BCUT2D eigenvalue weighted by Gasteiger charge is 2.35. The highest BCUT2D eigenvalue weighted by molar-refractivity contribution is 7.89. The third-order valence-corrected chi connectivity index (χ3v) is 5.80. The van der Waals surface area contributed by atoms with Crippen molar-refractivity contribution in [2.24, 2.45) is 0 Å². The Bertz CT molecular complexity index is 552. The lowest BCUT2D eigenvalue weighted by molar-refractivity contribution is 0.239. The predicted octanol–water partition coefficient (Wildman–Crippen LogP) is 2.75. The first kappa shape index (κ1) is 15.3. The van der Waals surface area contributed by atoms with E-state index in [1.165, 1.54) is 16.4 Å². The Morgan fingerprint density at radius 1 is 1.40 bits per heavy atom. The highest BCUT2D eigenvalue weighted by atomic mass is 32.2. The number of benzene rings is 1. The molecule has 6 heteroatoms. The normalized spacial score (nSPS) is 21.0. The fourth-order valence-electron chi connectivity index (χ4n) is 2.83. The fraction of sp³-hybridized carbons (Fsp3) is 0.571. The second-order valence-electron chi connectivity index (χ2n) is 5.21. The van der Waals surface area contributed by atoms with Crippen molar-refractivity contribution in [3.8, 4) is 0 Å². The number of halogens is 1.